The van der Waals surface area contributed by atoms with E-state index in [4.69, 9.17) is 11.6 Å². The quantitative estimate of drug-likeness (QED) is 0.566. The van der Waals surface area contributed by atoms with Gasteiger partial charge in [-0.15, -0.1) is 0 Å². The van der Waals surface area contributed by atoms with Crippen molar-refractivity contribution < 1.29 is 9.18 Å². The molecule has 0 fully saturated rings. The molecule has 2 N–H and O–H groups in total. The van der Waals surface area contributed by atoms with E-state index in [-0.39, 0.29) is 23.0 Å². The molecular weight excluding hydrogens is 369 g/mol. The number of carbonyl (C=O) groups excluding carboxylic acids is 1. The molecule has 0 atom stereocenters. The number of para-hydroxylation sites is 1. The van der Waals surface area contributed by atoms with Gasteiger partial charge in [-0.1, -0.05) is 35.9 Å². The second-order valence-corrected chi connectivity index (χ2v) is 6.68. The molecule has 0 spiro atoms. The highest BCUT2D eigenvalue weighted by atomic mass is 35.5. The Hall–Kier alpha value is -3.12. The molecule has 4 rings (SSSR count). The number of halogens is 2. The van der Waals surface area contributed by atoms with Crippen LogP contribution in [0.3, 0.4) is 0 Å². The first-order chi connectivity index (χ1) is 13.0. The average molecular weight is 384 g/mol. The van der Waals surface area contributed by atoms with Crippen LogP contribution in [-0.2, 0) is 13.6 Å². The number of benzene rings is 2. The maximum atomic E-state index is 13.1. The normalized spacial score (nSPS) is 11.2. The van der Waals surface area contributed by atoms with Crippen LogP contribution in [-0.4, -0.2) is 15.5 Å². The van der Waals surface area contributed by atoms with Crippen molar-refractivity contribution in [3.05, 3.63) is 81.0 Å². The molecular formula is C20H15ClFN3O2. The molecule has 4 aromatic rings. The topological polar surface area (TPSA) is 66.9 Å². The monoisotopic (exact) mass is 383 g/mol. The van der Waals surface area contributed by atoms with Crippen molar-refractivity contribution in [3.63, 3.8) is 0 Å². The molecule has 0 unspecified atom stereocenters. The first-order valence-electron chi connectivity index (χ1n) is 8.28. The zero-order valence-corrected chi connectivity index (χ0v) is 15.1. The van der Waals surface area contributed by atoms with E-state index in [9.17, 15) is 14.0 Å². The van der Waals surface area contributed by atoms with E-state index in [0.717, 1.165) is 5.39 Å². The van der Waals surface area contributed by atoms with Gasteiger partial charge in [0.15, 0.2) is 0 Å². The number of pyridine rings is 1. The second-order valence-electron chi connectivity index (χ2n) is 6.27. The van der Waals surface area contributed by atoms with Gasteiger partial charge in [0.05, 0.1) is 16.4 Å². The van der Waals surface area contributed by atoms with E-state index in [1.54, 1.807) is 17.7 Å². The molecule has 0 bridgehead atoms. The number of aromatic amines is 1. The lowest BCUT2D eigenvalue weighted by Gasteiger charge is -2.09. The number of fused-ring (bicyclic) bond motifs is 3. The van der Waals surface area contributed by atoms with Crippen LogP contribution in [0, 0.1) is 5.82 Å². The van der Waals surface area contributed by atoms with Crippen molar-refractivity contribution in [2.45, 2.75) is 6.54 Å². The summed E-state index contributed by atoms with van der Waals surface area (Å²) in [6, 6.07) is 13.0. The molecule has 0 aliphatic heterocycles. The third kappa shape index (κ3) is 2.98. The minimum atomic E-state index is -0.435. The zero-order valence-electron chi connectivity index (χ0n) is 14.3. The Morgan fingerprint density at radius 2 is 1.96 bits per heavy atom. The highest BCUT2D eigenvalue weighted by Gasteiger charge is 2.17. The van der Waals surface area contributed by atoms with E-state index in [2.05, 4.69) is 10.3 Å². The predicted octanol–water partition coefficient (Wildman–Crippen LogP) is 3.74. The SMILES string of the molecule is Cn1c(C(=O)NCc2ccc(F)cc2Cl)cc2c(=O)[nH]c3ccccc3c21. The van der Waals surface area contributed by atoms with Gasteiger partial charge in [0, 0.05) is 24.0 Å². The average Bonchev–Trinajstić information content (AvgIpc) is 2.99. The maximum absolute atomic E-state index is 13.1. The van der Waals surface area contributed by atoms with Gasteiger partial charge in [0.25, 0.3) is 11.5 Å². The highest BCUT2D eigenvalue weighted by molar-refractivity contribution is 6.31. The summed E-state index contributed by atoms with van der Waals surface area (Å²) in [5.41, 5.74) is 2.11. The van der Waals surface area contributed by atoms with Crippen molar-refractivity contribution >= 4 is 39.3 Å². The molecule has 0 aliphatic carbocycles. The molecule has 27 heavy (non-hydrogen) atoms. The van der Waals surface area contributed by atoms with Crippen molar-refractivity contribution in [2.24, 2.45) is 7.05 Å². The summed E-state index contributed by atoms with van der Waals surface area (Å²) in [7, 11) is 1.74. The van der Waals surface area contributed by atoms with E-state index in [1.165, 1.54) is 18.2 Å². The molecule has 136 valence electrons. The van der Waals surface area contributed by atoms with Crippen LogP contribution in [0.4, 0.5) is 4.39 Å². The van der Waals surface area contributed by atoms with Crippen molar-refractivity contribution in [1.82, 2.24) is 14.9 Å². The molecule has 0 saturated heterocycles. The Balaban J connectivity index is 1.72. The van der Waals surface area contributed by atoms with Crippen molar-refractivity contribution in [2.75, 3.05) is 0 Å². The minimum Gasteiger partial charge on any atom is -0.347 e. The van der Waals surface area contributed by atoms with Crippen LogP contribution in [0.1, 0.15) is 16.1 Å². The van der Waals surface area contributed by atoms with E-state index >= 15 is 0 Å². The molecule has 0 radical (unpaired) electrons. The summed E-state index contributed by atoms with van der Waals surface area (Å²) in [5.74, 6) is -0.785. The third-order valence-electron chi connectivity index (χ3n) is 4.60. The number of hydrogen-bond donors (Lipinski definition) is 2. The Morgan fingerprint density at radius 3 is 2.74 bits per heavy atom. The van der Waals surface area contributed by atoms with Gasteiger partial charge in [0.2, 0.25) is 0 Å². The van der Waals surface area contributed by atoms with E-state index in [0.29, 0.717) is 27.7 Å². The van der Waals surface area contributed by atoms with Gasteiger partial charge in [-0.3, -0.25) is 9.59 Å². The van der Waals surface area contributed by atoms with Crippen LogP contribution in [0.15, 0.2) is 53.3 Å². The maximum Gasteiger partial charge on any atom is 0.268 e. The van der Waals surface area contributed by atoms with Gasteiger partial charge in [-0.2, -0.15) is 0 Å². The molecule has 0 aliphatic rings. The summed E-state index contributed by atoms with van der Waals surface area (Å²) >= 11 is 6.00. The lowest BCUT2D eigenvalue weighted by Crippen LogP contribution is -2.25. The standard InChI is InChI=1S/C20H15ClFN3O2/c1-25-17(20(27)23-10-11-6-7-12(22)8-15(11)21)9-14-18(25)13-4-2-3-5-16(13)24-19(14)26/h2-9H,10H2,1H3,(H,23,27)(H,24,26). The van der Waals surface area contributed by atoms with E-state index < -0.39 is 5.82 Å². The summed E-state index contributed by atoms with van der Waals surface area (Å²) in [6.07, 6.45) is 0. The van der Waals surface area contributed by atoms with Crippen LogP contribution in [0.25, 0.3) is 21.8 Å². The number of aromatic nitrogens is 2. The number of H-pyrrole nitrogens is 1. The van der Waals surface area contributed by atoms with Gasteiger partial charge < -0.3 is 14.9 Å². The molecule has 5 nitrogen and oxygen atoms in total. The number of amides is 1. The first kappa shape index (κ1) is 17.3. The van der Waals surface area contributed by atoms with Crippen LogP contribution in [0.2, 0.25) is 5.02 Å². The van der Waals surface area contributed by atoms with E-state index in [1.807, 2.05) is 24.3 Å². The number of nitrogens with zero attached hydrogens (tertiary/aromatic N) is 1. The lowest BCUT2D eigenvalue weighted by molar-refractivity contribution is 0.0943. The van der Waals surface area contributed by atoms with Crippen molar-refractivity contribution in [1.29, 1.82) is 0 Å². The fraction of sp³-hybridized carbons (Fsp3) is 0.100. The number of hydrogen-bond acceptors (Lipinski definition) is 2. The molecule has 7 heteroatoms. The minimum absolute atomic E-state index is 0.149. The highest BCUT2D eigenvalue weighted by Crippen LogP contribution is 2.24. The van der Waals surface area contributed by atoms with Crippen LogP contribution >= 0.6 is 11.6 Å². The Labute approximate surface area is 158 Å². The van der Waals surface area contributed by atoms with Crippen LogP contribution in [0.5, 0.6) is 0 Å². The summed E-state index contributed by atoms with van der Waals surface area (Å²) in [6.45, 7) is 0.149. The Bertz CT molecular complexity index is 1260. The number of nitrogens with one attached hydrogen (secondary N) is 2. The summed E-state index contributed by atoms with van der Waals surface area (Å²) < 4.78 is 14.8. The van der Waals surface area contributed by atoms with Gasteiger partial charge in [-0.25, -0.2) is 4.39 Å². The largest absolute Gasteiger partial charge is 0.347 e. The fourth-order valence-electron chi connectivity index (χ4n) is 3.24. The number of aryl methyl sites for hydroxylation is 1. The number of rotatable bonds is 3. The first-order valence-corrected chi connectivity index (χ1v) is 8.66. The smallest absolute Gasteiger partial charge is 0.268 e. The summed E-state index contributed by atoms with van der Waals surface area (Å²) in [4.78, 5) is 27.9. The molecule has 1 amide bonds. The molecule has 2 aromatic heterocycles. The lowest BCUT2D eigenvalue weighted by atomic mass is 10.1. The van der Waals surface area contributed by atoms with Gasteiger partial charge >= 0.3 is 0 Å². The number of carbonyl (C=O) groups is 1. The van der Waals surface area contributed by atoms with Crippen molar-refractivity contribution in [3.8, 4) is 0 Å². The van der Waals surface area contributed by atoms with Crippen LogP contribution < -0.4 is 10.9 Å². The zero-order chi connectivity index (χ0) is 19.1. The Morgan fingerprint density at radius 1 is 1.19 bits per heavy atom. The molecule has 0 saturated carbocycles. The van der Waals surface area contributed by atoms with Gasteiger partial charge in [-0.05, 0) is 29.8 Å². The molecule has 2 aromatic carbocycles. The second kappa shape index (κ2) is 6.55. The third-order valence-corrected chi connectivity index (χ3v) is 4.95. The van der Waals surface area contributed by atoms with Gasteiger partial charge in [0.1, 0.15) is 11.5 Å². The summed E-state index contributed by atoms with van der Waals surface area (Å²) in [5, 5.41) is 4.31. The predicted molar refractivity (Wildman–Crippen MR) is 104 cm³/mol. The Kier molecular flexibility index (Phi) is 4.20. The fourth-order valence-corrected chi connectivity index (χ4v) is 3.47. The molecule has 2 heterocycles.